The molecule has 0 aromatic carbocycles. The molecule has 0 aliphatic carbocycles. The van der Waals surface area contributed by atoms with Gasteiger partial charge < -0.3 is 15.8 Å². The Morgan fingerprint density at radius 2 is 2.17 bits per heavy atom. The van der Waals surface area contributed by atoms with Crippen LogP contribution in [0.5, 0.6) is 0 Å². The first-order valence-electron chi connectivity index (χ1n) is 9.88. The predicted octanol–water partition coefficient (Wildman–Crippen LogP) is 3.52. The first-order valence-corrected chi connectivity index (χ1v) is 11.1. The number of thioether (sulfide) groups is 1. The zero-order valence-electron chi connectivity index (χ0n) is 16.9. The summed E-state index contributed by atoms with van der Waals surface area (Å²) in [4.78, 5) is 14.3. The molecule has 1 aliphatic heterocycles. The van der Waals surface area contributed by atoms with Crippen LogP contribution >= 0.6 is 11.8 Å². The maximum Gasteiger partial charge on any atom is 0.169 e. The Morgan fingerprint density at radius 3 is 3.00 bits per heavy atom. The molecule has 0 spiro atoms. The molecule has 156 valence electrons. The Bertz CT molecular complexity index is 1010. The molecular formula is C21H25N7OS. The first-order chi connectivity index (χ1) is 14.7. The van der Waals surface area contributed by atoms with Crippen LogP contribution in [0.1, 0.15) is 24.4 Å². The minimum Gasteiger partial charge on any atom is -0.381 e. The standard InChI is InChI=1S/C21H25N7OS/c1-30-19-4-8-23-11-15(19)3-2-7-24-21-20(22)25-13-18(27-21)16-12-26-28(14-16)17-5-9-29-10-6-17/h2-4,8,11-14,17H,5-7,9-10H2,1H3,(H2,22,25)(H,24,27)/b3-2+. The van der Waals surface area contributed by atoms with Gasteiger partial charge in [0.2, 0.25) is 0 Å². The number of anilines is 2. The molecule has 0 bridgehead atoms. The van der Waals surface area contributed by atoms with Gasteiger partial charge in [0, 0.05) is 54.4 Å². The van der Waals surface area contributed by atoms with E-state index >= 15 is 0 Å². The van der Waals surface area contributed by atoms with E-state index in [9.17, 15) is 0 Å². The minimum atomic E-state index is 0.371. The van der Waals surface area contributed by atoms with E-state index in [1.165, 1.54) is 4.90 Å². The van der Waals surface area contributed by atoms with Crippen LogP contribution in [-0.2, 0) is 4.74 Å². The van der Waals surface area contributed by atoms with Gasteiger partial charge in [0.1, 0.15) is 0 Å². The average molecular weight is 424 g/mol. The average Bonchev–Trinajstić information content (AvgIpc) is 3.29. The Hall–Kier alpha value is -2.91. The summed E-state index contributed by atoms with van der Waals surface area (Å²) in [5.74, 6) is 0.933. The highest BCUT2D eigenvalue weighted by Crippen LogP contribution is 2.25. The predicted molar refractivity (Wildman–Crippen MR) is 120 cm³/mol. The third-order valence-electron chi connectivity index (χ3n) is 4.98. The van der Waals surface area contributed by atoms with Crippen LogP contribution < -0.4 is 11.1 Å². The number of hydrogen-bond acceptors (Lipinski definition) is 8. The molecule has 1 saturated heterocycles. The second kappa shape index (κ2) is 9.73. The summed E-state index contributed by atoms with van der Waals surface area (Å²) in [6.07, 6.45) is 17.2. The van der Waals surface area contributed by atoms with Crippen molar-refractivity contribution in [1.29, 1.82) is 0 Å². The van der Waals surface area contributed by atoms with Crippen molar-refractivity contribution in [1.82, 2.24) is 24.7 Å². The summed E-state index contributed by atoms with van der Waals surface area (Å²) in [7, 11) is 0. The van der Waals surface area contributed by atoms with Crippen LogP contribution in [0.3, 0.4) is 0 Å². The zero-order valence-corrected chi connectivity index (χ0v) is 17.7. The molecule has 3 N–H and O–H groups in total. The topological polar surface area (TPSA) is 104 Å². The van der Waals surface area contributed by atoms with Crippen molar-refractivity contribution in [3.8, 4) is 11.3 Å². The van der Waals surface area contributed by atoms with Crippen molar-refractivity contribution in [2.75, 3.05) is 37.1 Å². The van der Waals surface area contributed by atoms with Crippen molar-refractivity contribution in [3.63, 3.8) is 0 Å². The van der Waals surface area contributed by atoms with Gasteiger partial charge in [-0.25, -0.2) is 9.97 Å². The van der Waals surface area contributed by atoms with E-state index in [4.69, 9.17) is 10.5 Å². The number of rotatable bonds is 7. The van der Waals surface area contributed by atoms with Gasteiger partial charge in [-0.3, -0.25) is 9.67 Å². The molecule has 4 rings (SSSR count). The maximum atomic E-state index is 6.02. The van der Waals surface area contributed by atoms with E-state index in [0.717, 1.165) is 42.9 Å². The molecule has 0 amide bonds. The van der Waals surface area contributed by atoms with Crippen molar-refractivity contribution in [2.45, 2.75) is 23.8 Å². The molecule has 0 saturated carbocycles. The molecular weight excluding hydrogens is 398 g/mol. The van der Waals surface area contributed by atoms with Gasteiger partial charge in [-0.15, -0.1) is 11.8 Å². The van der Waals surface area contributed by atoms with E-state index in [-0.39, 0.29) is 0 Å². The lowest BCUT2D eigenvalue weighted by atomic mass is 10.1. The molecule has 0 atom stereocenters. The van der Waals surface area contributed by atoms with Crippen molar-refractivity contribution < 1.29 is 4.74 Å². The van der Waals surface area contributed by atoms with Gasteiger partial charge in [-0.05, 0) is 25.2 Å². The van der Waals surface area contributed by atoms with E-state index in [2.05, 4.69) is 31.6 Å². The molecule has 3 aromatic heterocycles. The van der Waals surface area contributed by atoms with Gasteiger partial charge in [0.25, 0.3) is 0 Å². The Balaban J connectivity index is 1.43. The Morgan fingerprint density at radius 1 is 1.30 bits per heavy atom. The van der Waals surface area contributed by atoms with Crippen LogP contribution in [0.4, 0.5) is 11.6 Å². The SMILES string of the molecule is CSc1ccncc1/C=C/CNc1nc(-c2cnn(C3CCOCC3)c2)cnc1N. The number of nitrogens with one attached hydrogen (secondary N) is 1. The van der Waals surface area contributed by atoms with Gasteiger partial charge in [0.05, 0.1) is 24.1 Å². The van der Waals surface area contributed by atoms with Gasteiger partial charge >= 0.3 is 0 Å². The van der Waals surface area contributed by atoms with Crippen molar-refractivity contribution in [2.24, 2.45) is 0 Å². The number of aromatic nitrogens is 5. The summed E-state index contributed by atoms with van der Waals surface area (Å²) in [6, 6.07) is 2.38. The summed E-state index contributed by atoms with van der Waals surface area (Å²) >= 11 is 1.70. The van der Waals surface area contributed by atoms with Crippen molar-refractivity contribution >= 4 is 29.5 Å². The summed E-state index contributed by atoms with van der Waals surface area (Å²) < 4.78 is 7.44. The van der Waals surface area contributed by atoms with Crippen LogP contribution in [0, 0.1) is 0 Å². The van der Waals surface area contributed by atoms with Crippen LogP contribution in [-0.4, -0.2) is 50.7 Å². The number of nitrogens with two attached hydrogens (primary N) is 1. The summed E-state index contributed by atoms with van der Waals surface area (Å²) in [5.41, 5.74) is 8.77. The molecule has 9 heteroatoms. The van der Waals surface area contributed by atoms with E-state index < -0.39 is 0 Å². The highest BCUT2D eigenvalue weighted by Gasteiger charge is 2.17. The Kier molecular flexibility index (Phi) is 6.60. The maximum absolute atomic E-state index is 6.02. The number of nitrogens with zero attached hydrogens (tertiary/aromatic N) is 5. The molecule has 0 unspecified atom stereocenters. The normalized spacial score (nSPS) is 15.0. The van der Waals surface area contributed by atoms with E-state index in [0.29, 0.717) is 24.2 Å². The van der Waals surface area contributed by atoms with Crippen LogP contribution in [0.2, 0.25) is 0 Å². The molecule has 1 aliphatic rings. The van der Waals surface area contributed by atoms with Crippen LogP contribution in [0.25, 0.3) is 17.3 Å². The number of pyridine rings is 1. The van der Waals surface area contributed by atoms with E-state index in [1.54, 1.807) is 24.2 Å². The summed E-state index contributed by atoms with van der Waals surface area (Å²) in [6.45, 7) is 2.13. The highest BCUT2D eigenvalue weighted by atomic mass is 32.2. The quantitative estimate of drug-likeness (QED) is 0.556. The summed E-state index contributed by atoms with van der Waals surface area (Å²) in [5, 5.41) is 7.76. The second-order valence-corrected chi connectivity index (χ2v) is 7.79. The lowest BCUT2D eigenvalue weighted by Gasteiger charge is -2.22. The third-order valence-corrected chi connectivity index (χ3v) is 5.79. The Labute approximate surface area is 180 Å². The molecule has 4 heterocycles. The molecule has 0 radical (unpaired) electrons. The lowest BCUT2D eigenvalue weighted by Crippen LogP contribution is -2.19. The minimum absolute atomic E-state index is 0.371. The first kappa shape index (κ1) is 20.4. The zero-order chi connectivity index (χ0) is 20.8. The molecule has 1 fully saturated rings. The number of nitrogen functional groups attached to an aromatic ring is 1. The smallest absolute Gasteiger partial charge is 0.169 e. The monoisotopic (exact) mass is 423 g/mol. The van der Waals surface area contributed by atoms with Gasteiger partial charge in [-0.2, -0.15) is 5.10 Å². The van der Waals surface area contributed by atoms with Gasteiger partial charge in [0.15, 0.2) is 11.6 Å². The largest absolute Gasteiger partial charge is 0.381 e. The van der Waals surface area contributed by atoms with E-state index in [1.807, 2.05) is 41.5 Å². The van der Waals surface area contributed by atoms with Crippen LogP contribution in [0.15, 0.2) is 48.0 Å². The molecule has 3 aromatic rings. The fraction of sp³-hybridized carbons (Fsp3) is 0.333. The lowest BCUT2D eigenvalue weighted by molar-refractivity contribution is 0.0662. The molecule has 8 nitrogen and oxygen atoms in total. The van der Waals surface area contributed by atoms with Gasteiger partial charge in [-0.1, -0.05) is 12.2 Å². The highest BCUT2D eigenvalue weighted by molar-refractivity contribution is 7.98. The van der Waals surface area contributed by atoms with Crippen molar-refractivity contribution in [3.05, 3.63) is 48.7 Å². The fourth-order valence-electron chi connectivity index (χ4n) is 3.33. The second-order valence-electron chi connectivity index (χ2n) is 6.94. The third kappa shape index (κ3) is 4.80. The number of ether oxygens (including phenoxy) is 1. The number of hydrogen-bond donors (Lipinski definition) is 2. The molecule has 30 heavy (non-hydrogen) atoms. The fourth-order valence-corrected chi connectivity index (χ4v) is 3.89.